The Kier molecular flexibility index (Phi) is 6.20. The van der Waals surface area contributed by atoms with Crippen molar-refractivity contribution < 1.29 is 4.39 Å². The van der Waals surface area contributed by atoms with Gasteiger partial charge in [0.15, 0.2) is 0 Å². The maximum absolute atomic E-state index is 13.9. The smallest absolute Gasteiger partial charge is 0.216 e. The molecule has 0 spiro atoms. The standard InChI is InChI=1S/C14H22FN5.ClH/c1-5-20-14(15)12(7-17-20)6-16-13-9-19(8-10(2)3)18-11(13)4;/h7,9-10,16H,5-6,8H2,1-4H3;1H. The van der Waals surface area contributed by atoms with Crippen LogP contribution >= 0.6 is 12.4 Å². The fraction of sp³-hybridized carbons (Fsp3) is 0.571. The molecule has 21 heavy (non-hydrogen) atoms. The molecule has 0 aliphatic rings. The molecule has 2 aromatic rings. The summed E-state index contributed by atoms with van der Waals surface area (Å²) in [6.45, 7) is 9.96. The van der Waals surface area contributed by atoms with Gasteiger partial charge < -0.3 is 5.32 Å². The third kappa shape index (κ3) is 4.20. The number of rotatable bonds is 6. The van der Waals surface area contributed by atoms with E-state index in [1.807, 2.05) is 24.7 Å². The summed E-state index contributed by atoms with van der Waals surface area (Å²) in [5.74, 6) is 0.273. The van der Waals surface area contributed by atoms with Crippen molar-refractivity contribution in [1.82, 2.24) is 19.6 Å². The zero-order valence-electron chi connectivity index (χ0n) is 12.9. The van der Waals surface area contributed by atoms with Crippen LogP contribution < -0.4 is 5.32 Å². The molecule has 0 aliphatic carbocycles. The van der Waals surface area contributed by atoms with Gasteiger partial charge in [0.25, 0.3) is 0 Å². The van der Waals surface area contributed by atoms with Gasteiger partial charge >= 0.3 is 0 Å². The summed E-state index contributed by atoms with van der Waals surface area (Å²) < 4.78 is 17.1. The van der Waals surface area contributed by atoms with E-state index in [-0.39, 0.29) is 18.4 Å². The van der Waals surface area contributed by atoms with Crippen LogP contribution in [0.15, 0.2) is 12.4 Å². The Morgan fingerprint density at radius 2 is 2.10 bits per heavy atom. The van der Waals surface area contributed by atoms with Crippen molar-refractivity contribution in [2.45, 2.75) is 47.3 Å². The summed E-state index contributed by atoms with van der Waals surface area (Å²) in [6.07, 6.45) is 3.54. The first kappa shape index (κ1) is 17.5. The largest absolute Gasteiger partial charge is 0.378 e. The molecule has 0 saturated carbocycles. The number of anilines is 1. The van der Waals surface area contributed by atoms with E-state index in [1.54, 1.807) is 6.20 Å². The molecule has 0 radical (unpaired) electrons. The third-order valence-corrected chi connectivity index (χ3v) is 3.11. The van der Waals surface area contributed by atoms with E-state index in [4.69, 9.17) is 0 Å². The normalized spacial score (nSPS) is 10.8. The van der Waals surface area contributed by atoms with Crippen LogP contribution in [0.3, 0.4) is 0 Å². The van der Waals surface area contributed by atoms with E-state index in [0.29, 0.717) is 24.6 Å². The molecule has 0 amide bonds. The highest BCUT2D eigenvalue weighted by molar-refractivity contribution is 5.85. The van der Waals surface area contributed by atoms with Crippen molar-refractivity contribution in [2.24, 2.45) is 5.92 Å². The molecule has 0 unspecified atom stereocenters. The number of halogens is 2. The van der Waals surface area contributed by atoms with E-state index in [9.17, 15) is 4.39 Å². The van der Waals surface area contributed by atoms with Gasteiger partial charge in [-0.05, 0) is 19.8 Å². The number of hydrogen-bond acceptors (Lipinski definition) is 3. The van der Waals surface area contributed by atoms with Crippen LogP contribution in [0.4, 0.5) is 10.1 Å². The molecule has 0 aliphatic heterocycles. The summed E-state index contributed by atoms with van der Waals surface area (Å²) in [7, 11) is 0. The second kappa shape index (κ2) is 7.45. The van der Waals surface area contributed by atoms with E-state index in [1.165, 1.54) is 4.68 Å². The van der Waals surface area contributed by atoms with Crippen LogP contribution in [-0.4, -0.2) is 19.6 Å². The predicted octanol–water partition coefficient (Wildman–Crippen LogP) is 3.24. The summed E-state index contributed by atoms with van der Waals surface area (Å²) >= 11 is 0. The fourth-order valence-electron chi connectivity index (χ4n) is 2.10. The summed E-state index contributed by atoms with van der Waals surface area (Å²) in [5.41, 5.74) is 2.44. The quantitative estimate of drug-likeness (QED) is 0.890. The van der Waals surface area contributed by atoms with Crippen LogP contribution in [0.1, 0.15) is 32.0 Å². The average Bonchev–Trinajstić information content (AvgIpc) is 2.89. The molecule has 0 fully saturated rings. The lowest BCUT2D eigenvalue weighted by Gasteiger charge is -2.04. The van der Waals surface area contributed by atoms with Crippen molar-refractivity contribution >= 4 is 18.1 Å². The first-order valence-corrected chi connectivity index (χ1v) is 6.99. The second-order valence-corrected chi connectivity index (χ2v) is 5.37. The van der Waals surface area contributed by atoms with Gasteiger partial charge in [-0.3, -0.25) is 4.68 Å². The lowest BCUT2D eigenvalue weighted by molar-refractivity contribution is 0.465. The van der Waals surface area contributed by atoms with E-state index in [2.05, 4.69) is 29.4 Å². The van der Waals surface area contributed by atoms with E-state index < -0.39 is 0 Å². The molecule has 0 bridgehead atoms. The Morgan fingerprint density at radius 1 is 1.38 bits per heavy atom. The Labute approximate surface area is 130 Å². The lowest BCUT2D eigenvalue weighted by Crippen LogP contribution is -2.05. The van der Waals surface area contributed by atoms with Crippen LogP contribution in [0, 0.1) is 18.8 Å². The highest BCUT2D eigenvalue weighted by atomic mass is 35.5. The number of nitrogens with zero attached hydrogens (tertiary/aromatic N) is 4. The molecule has 0 atom stereocenters. The molecule has 5 nitrogen and oxygen atoms in total. The van der Waals surface area contributed by atoms with Gasteiger partial charge in [-0.2, -0.15) is 14.6 Å². The fourth-order valence-corrected chi connectivity index (χ4v) is 2.10. The zero-order valence-corrected chi connectivity index (χ0v) is 13.7. The van der Waals surface area contributed by atoms with Gasteiger partial charge in [0.05, 0.1) is 17.6 Å². The SMILES string of the molecule is CCn1ncc(CNc2cn(CC(C)C)nc2C)c1F.Cl. The Hall–Kier alpha value is -1.56. The first-order valence-electron chi connectivity index (χ1n) is 6.99. The summed E-state index contributed by atoms with van der Waals surface area (Å²) in [6, 6.07) is 0. The highest BCUT2D eigenvalue weighted by Gasteiger charge is 2.11. The van der Waals surface area contributed by atoms with Gasteiger partial charge in [-0.1, -0.05) is 13.8 Å². The second-order valence-electron chi connectivity index (χ2n) is 5.37. The van der Waals surface area contributed by atoms with Crippen LogP contribution in [0.25, 0.3) is 0 Å². The third-order valence-electron chi connectivity index (χ3n) is 3.11. The van der Waals surface area contributed by atoms with Crippen LogP contribution in [0.2, 0.25) is 0 Å². The number of aromatic nitrogens is 4. The van der Waals surface area contributed by atoms with E-state index >= 15 is 0 Å². The van der Waals surface area contributed by atoms with Crippen molar-refractivity contribution in [3.05, 3.63) is 29.6 Å². The summed E-state index contributed by atoms with van der Waals surface area (Å²) in [5, 5.41) is 11.7. The predicted molar refractivity (Wildman–Crippen MR) is 84.2 cm³/mol. The minimum Gasteiger partial charge on any atom is -0.378 e. The maximum atomic E-state index is 13.9. The molecular formula is C14H23ClFN5. The topological polar surface area (TPSA) is 47.7 Å². The van der Waals surface area contributed by atoms with Crippen molar-refractivity contribution in [1.29, 1.82) is 0 Å². The molecule has 7 heteroatoms. The Bertz CT molecular complexity index is 576. The highest BCUT2D eigenvalue weighted by Crippen LogP contribution is 2.16. The minimum absolute atomic E-state index is 0. The first-order chi connectivity index (χ1) is 9.51. The Morgan fingerprint density at radius 3 is 2.67 bits per heavy atom. The maximum Gasteiger partial charge on any atom is 0.216 e. The van der Waals surface area contributed by atoms with Crippen molar-refractivity contribution in [3.63, 3.8) is 0 Å². The number of nitrogens with one attached hydrogen (secondary N) is 1. The zero-order chi connectivity index (χ0) is 14.7. The van der Waals surface area contributed by atoms with Gasteiger partial charge in [0.1, 0.15) is 0 Å². The Balaban J connectivity index is 0.00000220. The molecule has 0 saturated heterocycles. The molecule has 1 N–H and O–H groups in total. The van der Waals surface area contributed by atoms with Gasteiger partial charge in [0.2, 0.25) is 5.95 Å². The monoisotopic (exact) mass is 315 g/mol. The summed E-state index contributed by atoms with van der Waals surface area (Å²) in [4.78, 5) is 0. The van der Waals surface area contributed by atoms with Gasteiger partial charge in [-0.25, -0.2) is 4.68 Å². The minimum atomic E-state index is -0.271. The molecule has 2 aromatic heterocycles. The number of aryl methyl sites for hydroxylation is 2. The number of hydrogen-bond donors (Lipinski definition) is 1. The molecule has 2 heterocycles. The van der Waals surface area contributed by atoms with Crippen LogP contribution in [0.5, 0.6) is 0 Å². The van der Waals surface area contributed by atoms with Crippen molar-refractivity contribution in [2.75, 3.05) is 5.32 Å². The van der Waals surface area contributed by atoms with Crippen molar-refractivity contribution in [3.8, 4) is 0 Å². The van der Waals surface area contributed by atoms with Crippen LogP contribution in [-0.2, 0) is 19.6 Å². The molecule has 2 rings (SSSR count). The molecule has 118 valence electrons. The van der Waals surface area contributed by atoms with Gasteiger partial charge in [0, 0.05) is 31.4 Å². The lowest BCUT2D eigenvalue weighted by atomic mass is 10.2. The van der Waals surface area contributed by atoms with Gasteiger partial charge in [-0.15, -0.1) is 12.4 Å². The average molecular weight is 316 g/mol. The van der Waals surface area contributed by atoms with E-state index in [0.717, 1.165) is 17.9 Å². The molecular weight excluding hydrogens is 293 g/mol. The molecule has 0 aromatic carbocycles.